The Balaban J connectivity index is 1.78. The van der Waals surface area contributed by atoms with E-state index in [4.69, 9.17) is 0 Å². The van der Waals surface area contributed by atoms with Crippen molar-refractivity contribution < 1.29 is 9.59 Å². The van der Waals surface area contributed by atoms with Gasteiger partial charge in [0.25, 0.3) is 5.91 Å². The van der Waals surface area contributed by atoms with E-state index in [1.54, 1.807) is 17.3 Å². The van der Waals surface area contributed by atoms with Crippen LogP contribution in [0.1, 0.15) is 41.3 Å². The Morgan fingerprint density at radius 3 is 2.69 bits per heavy atom. The summed E-state index contributed by atoms with van der Waals surface area (Å²) in [6.45, 7) is 5.59. The minimum absolute atomic E-state index is 0.0203. The molecule has 3 rings (SSSR count). The molecule has 0 aliphatic carbocycles. The molecule has 0 radical (unpaired) electrons. The van der Waals surface area contributed by atoms with Gasteiger partial charge in [-0.15, -0.1) is 0 Å². The molecule has 2 heterocycles. The molecule has 136 valence electrons. The largest absolute Gasteiger partial charge is 0.336 e. The van der Waals surface area contributed by atoms with Crippen molar-refractivity contribution in [2.45, 2.75) is 39.3 Å². The molecule has 1 aliphatic rings. The molecule has 1 saturated heterocycles. The molecule has 0 bridgehead atoms. The van der Waals surface area contributed by atoms with Gasteiger partial charge >= 0.3 is 0 Å². The molecule has 0 saturated carbocycles. The molecule has 5 heteroatoms. The number of nitrogens with zero attached hydrogens (tertiary/aromatic N) is 3. The molecule has 1 atom stereocenters. The van der Waals surface area contributed by atoms with Crippen LogP contribution in [0.25, 0.3) is 0 Å². The Kier molecular flexibility index (Phi) is 5.66. The second-order valence-electron chi connectivity index (χ2n) is 6.82. The molecule has 26 heavy (non-hydrogen) atoms. The van der Waals surface area contributed by atoms with Crippen LogP contribution < -0.4 is 0 Å². The first-order valence-corrected chi connectivity index (χ1v) is 9.12. The first-order valence-electron chi connectivity index (χ1n) is 9.12. The standard InChI is InChI=1S/C21H25N3O2/c1-3-19-15-23(21(26)18-11-16(2)12-22-13-18)10-9-20(25)24(19)14-17-7-5-4-6-8-17/h4-8,11-13,19H,3,9-10,14-15H2,1-2H3/t19-/m1/s1. The summed E-state index contributed by atoms with van der Waals surface area (Å²) in [5.74, 6) is 0.0624. The Morgan fingerprint density at radius 2 is 2.00 bits per heavy atom. The molecule has 5 nitrogen and oxygen atoms in total. The molecule has 1 aromatic carbocycles. The predicted molar refractivity (Wildman–Crippen MR) is 101 cm³/mol. The zero-order chi connectivity index (χ0) is 18.5. The van der Waals surface area contributed by atoms with E-state index >= 15 is 0 Å². The van der Waals surface area contributed by atoms with E-state index in [9.17, 15) is 9.59 Å². The lowest BCUT2D eigenvalue weighted by atomic mass is 10.1. The van der Waals surface area contributed by atoms with Crippen molar-refractivity contribution in [3.8, 4) is 0 Å². The van der Waals surface area contributed by atoms with Crippen molar-refractivity contribution >= 4 is 11.8 Å². The Morgan fingerprint density at radius 1 is 1.23 bits per heavy atom. The molecule has 1 aliphatic heterocycles. The topological polar surface area (TPSA) is 53.5 Å². The van der Waals surface area contributed by atoms with Crippen molar-refractivity contribution in [3.05, 3.63) is 65.5 Å². The van der Waals surface area contributed by atoms with Crippen molar-refractivity contribution in [1.29, 1.82) is 0 Å². The van der Waals surface area contributed by atoms with Crippen molar-refractivity contribution in [2.75, 3.05) is 13.1 Å². The molecule has 2 aromatic rings. The quantitative estimate of drug-likeness (QED) is 0.851. The molecule has 1 fully saturated rings. The molecule has 2 amide bonds. The Hall–Kier alpha value is -2.69. The zero-order valence-corrected chi connectivity index (χ0v) is 15.4. The Labute approximate surface area is 154 Å². The van der Waals surface area contributed by atoms with Gasteiger partial charge in [0.1, 0.15) is 0 Å². The van der Waals surface area contributed by atoms with E-state index in [0.717, 1.165) is 17.5 Å². The fourth-order valence-corrected chi connectivity index (χ4v) is 3.41. The number of amides is 2. The highest BCUT2D eigenvalue weighted by Crippen LogP contribution is 2.19. The number of pyridine rings is 1. The summed E-state index contributed by atoms with van der Waals surface area (Å²) >= 11 is 0. The number of hydrogen-bond acceptors (Lipinski definition) is 3. The number of rotatable bonds is 4. The Bertz CT molecular complexity index is 776. The second kappa shape index (κ2) is 8.13. The van der Waals surface area contributed by atoms with Gasteiger partial charge in [0, 0.05) is 44.5 Å². The minimum Gasteiger partial charge on any atom is -0.336 e. The number of carbonyl (C=O) groups excluding carboxylic acids is 2. The van der Waals surface area contributed by atoms with Crippen LogP contribution in [0.5, 0.6) is 0 Å². The van der Waals surface area contributed by atoms with Crippen LogP contribution in [0, 0.1) is 6.92 Å². The van der Waals surface area contributed by atoms with Crippen LogP contribution in [0.4, 0.5) is 0 Å². The first kappa shape index (κ1) is 18.1. The average Bonchev–Trinajstić information content (AvgIpc) is 2.81. The molecule has 0 spiro atoms. The van der Waals surface area contributed by atoms with Gasteiger partial charge in [0.15, 0.2) is 0 Å². The lowest BCUT2D eigenvalue weighted by Crippen LogP contribution is -2.43. The molecule has 1 aromatic heterocycles. The number of hydrogen-bond donors (Lipinski definition) is 0. The van der Waals surface area contributed by atoms with E-state index in [2.05, 4.69) is 11.9 Å². The van der Waals surface area contributed by atoms with E-state index in [-0.39, 0.29) is 17.9 Å². The fourth-order valence-electron chi connectivity index (χ4n) is 3.41. The van der Waals surface area contributed by atoms with E-state index < -0.39 is 0 Å². The summed E-state index contributed by atoms with van der Waals surface area (Å²) in [4.78, 5) is 33.5. The van der Waals surface area contributed by atoms with E-state index in [1.165, 1.54) is 0 Å². The van der Waals surface area contributed by atoms with Crippen molar-refractivity contribution in [2.24, 2.45) is 0 Å². The summed E-state index contributed by atoms with van der Waals surface area (Å²) in [5.41, 5.74) is 2.66. The SMILES string of the molecule is CC[C@@H]1CN(C(=O)c2cncc(C)c2)CCC(=O)N1Cc1ccccc1. The minimum atomic E-state index is -0.0472. The molecule has 0 N–H and O–H groups in total. The third kappa shape index (κ3) is 4.10. The predicted octanol–water partition coefficient (Wildman–Crippen LogP) is 3.04. The van der Waals surface area contributed by atoms with Crippen LogP contribution in [0.2, 0.25) is 0 Å². The number of aromatic nitrogens is 1. The second-order valence-corrected chi connectivity index (χ2v) is 6.82. The van der Waals surface area contributed by atoms with Crippen LogP contribution in [-0.2, 0) is 11.3 Å². The number of carbonyl (C=O) groups is 2. The van der Waals surface area contributed by atoms with Gasteiger partial charge in [-0.25, -0.2) is 0 Å². The van der Waals surface area contributed by atoms with E-state index in [1.807, 2.05) is 48.2 Å². The zero-order valence-electron chi connectivity index (χ0n) is 15.4. The lowest BCUT2D eigenvalue weighted by molar-refractivity contribution is -0.133. The first-order chi connectivity index (χ1) is 12.6. The van der Waals surface area contributed by atoms with Gasteiger partial charge in [0.2, 0.25) is 5.91 Å². The highest BCUT2D eigenvalue weighted by atomic mass is 16.2. The maximum atomic E-state index is 12.9. The van der Waals surface area contributed by atoms with Gasteiger partial charge in [-0.2, -0.15) is 0 Å². The molecular formula is C21H25N3O2. The maximum Gasteiger partial charge on any atom is 0.255 e. The van der Waals surface area contributed by atoms with Crippen LogP contribution in [0.15, 0.2) is 48.8 Å². The van der Waals surface area contributed by atoms with E-state index in [0.29, 0.717) is 31.6 Å². The van der Waals surface area contributed by atoms with Gasteiger partial charge in [0.05, 0.1) is 5.56 Å². The molecule has 0 unspecified atom stereocenters. The summed E-state index contributed by atoms with van der Waals surface area (Å²) < 4.78 is 0. The highest BCUT2D eigenvalue weighted by Gasteiger charge is 2.31. The summed E-state index contributed by atoms with van der Waals surface area (Å²) in [6, 6.07) is 11.9. The van der Waals surface area contributed by atoms with Gasteiger partial charge < -0.3 is 9.80 Å². The fraction of sp³-hybridized carbons (Fsp3) is 0.381. The molecular weight excluding hydrogens is 326 g/mol. The van der Waals surface area contributed by atoms with Crippen molar-refractivity contribution in [3.63, 3.8) is 0 Å². The summed E-state index contributed by atoms with van der Waals surface area (Å²) in [5, 5.41) is 0. The number of aryl methyl sites for hydroxylation is 1. The van der Waals surface area contributed by atoms with Gasteiger partial charge in [-0.1, -0.05) is 37.3 Å². The average molecular weight is 351 g/mol. The van der Waals surface area contributed by atoms with Crippen LogP contribution in [0.3, 0.4) is 0 Å². The van der Waals surface area contributed by atoms with Crippen LogP contribution >= 0.6 is 0 Å². The smallest absolute Gasteiger partial charge is 0.255 e. The highest BCUT2D eigenvalue weighted by molar-refractivity contribution is 5.94. The van der Waals surface area contributed by atoms with Crippen LogP contribution in [-0.4, -0.2) is 45.7 Å². The maximum absolute atomic E-state index is 12.9. The third-order valence-corrected chi connectivity index (χ3v) is 4.86. The number of benzene rings is 1. The monoisotopic (exact) mass is 351 g/mol. The van der Waals surface area contributed by atoms with Gasteiger partial charge in [-0.05, 0) is 30.5 Å². The lowest BCUT2D eigenvalue weighted by Gasteiger charge is -2.31. The summed E-state index contributed by atoms with van der Waals surface area (Å²) in [7, 11) is 0. The summed E-state index contributed by atoms with van der Waals surface area (Å²) in [6.07, 6.45) is 4.51. The van der Waals surface area contributed by atoms with Crippen molar-refractivity contribution in [1.82, 2.24) is 14.8 Å². The normalized spacial score (nSPS) is 17.9. The van der Waals surface area contributed by atoms with Gasteiger partial charge in [-0.3, -0.25) is 14.6 Å². The third-order valence-electron chi connectivity index (χ3n) is 4.86.